The Morgan fingerprint density at radius 2 is 1.06 bits per heavy atom. The van der Waals surface area contributed by atoms with Crippen LogP contribution in [0.1, 0.15) is 142 Å². The number of allylic oxidation sites excluding steroid dienone is 4. The Kier molecular flexibility index (Phi) is 26.9. The topological polar surface area (TPSA) is 35.2 Å². The molecule has 0 bridgehead atoms. The molecule has 2 N–H and O–H groups in total. The Labute approximate surface area is 196 Å². The first kappa shape index (κ1) is 30.4. The summed E-state index contributed by atoms with van der Waals surface area (Å²) in [7, 11) is 0. The van der Waals surface area contributed by atoms with Crippen LogP contribution >= 0.6 is 0 Å². The van der Waals surface area contributed by atoms with Gasteiger partial charge in [0.1, 0.15) is 0 Å². The van der Waals surface area contributed by atoms with Crippen LogP contribution in [0.2, 0.25) is 0 Å². The van der Waals surface area contributed by atoms with Gasteiger partial charge in [0.2, 0.25) is 0 Å². The number of hydrogen-bond acceptors (Lipinski definition) is 2. The molecule has 1 unspecified atom stereocenters. The molecular weight excluding hydrogens is 378 g/mol. The van der Waals surface area contributed by atoms with Crippen LogP contribution in [-0.2, 0) is 4.74 Å². The lowest BCUT2D eigenvalue weighted by molar-refractivity contribution is 0.114. The quantitative estimate of drug-likeness (QED) is 0.114. The van der Waals surface area contributed by atoms with Crippen molar-refractivity contribution in [3.8, 4) is 0 Å². The van der Waals surface area contributed by atoms with Gasteiger partial charge in [-0.2, -0.15) is 0 Å². The van der Waals surface area contributed by atoms with E-state index in [2.05, 4.69) is 38.2 Å². The van der Waals surface area contributed by atoms with Gasteiger partial charge in [-0.1, -0.05) is 122 Å². The van der Waals surface area contributed by atoms with E-state index >= 15 is 0 Å². The minimum atomic E-state index is 0.234. The van der Waals surface area contributed by atoms with Crippen molar-refractivity contribution in [1.82, 2.24) is 0 Å². The summed E-state index contributed by atoms with van der Waals surface area (Å²) < 4.78 is 5.75. The molecule has 184 valence electrons. The fourth-order valence-electron chi connectivity index (χ4n) is 3.87. The van der Waals surface area contributed by atoms with Crippen molar-refractivity contribution in [3.05, 3.63) is 24.3 Å². The zero-order valence-electron chi connectivity index (χ0n) is 21.4. The highest BCUT2D eigenvalue weighted by Gasteiger charge is 2.02. The van der Waals surface area contributed by atoms with Crippen molar-refractivity contribution in [2.45, 2.75) is 148 Å². The molecule has 0 radical (unpaired) electrons. The maximum absolute atomic E-state index is 6.18. The third-order valence-corrected chi connectivity index (χ3v) is 6.00. The van der Waals surface area contributed by atoms with Crippen molar-refractivity contribution < 1.29 is 4.74 Å². The first-order valence-corrected chi connectivity index (χ1v) is 13.9. The highest BCUT2D eigenvalue weighted by atomic mass is 16.5. The Bertz CT molecular complexity index is 377. The Morgan fingerprint density at radius 3 is 1.71 bits per heavy atom. The molecule has 1 atom stereocenters. The third-order valence-electron chi connectivity index (χ3n) is 6.00. The second kappa shape index (κ2) is 27.4. The highest BCUT2D eigenvalue weighted by molar-refractivity contribution is 4.92. The van der Waals surface area contributed by atoms with Crippen LogP contribution in [0.25, 0.3) is 0 Å². The second-order valence-corrected chi connectivity index (χ2v) is 9.33. The fraction of sp³-hybridized carbons (Fsp3) is 0.862. The molecule has 0 amide bonds. The molecule has 0 aliphatic heterocycles. The van der Waals surface area contributed by atoms with Gasteiger partial charge in [0.25, 0.3) is 0 Å². The van der Waals surface area contributed by atoms with Crippen LogP contribution < -0.4 is 5.73 Å². The second-order valence-electron chi connectivity index (χ2n) is 9.33. The third kappa shape index (κ3) is 27.4. The molecule has 0 heterocycles. The Morgan fingerprint density at radius 1 is 0.581 bits per heavy atom. The molecular formula is C29H57NO. The Hall–Kier alpha value is -0.600. The molecule has 0 aromatic rings. The molecule has 0 saturated heterocycles. The van der Waals surface area contributed by atoms with E-state index in [-0.39, 0.29) is 6.04 Å². The average molecular weight is 436 g/mol. The van der Waals surface area contributed by atoms with E-state index in [9.17, 15) is 0 Å². The fourth-order valence-corrected chi connectivity index (χ4v) is 3.87. The van der Waals surface area contributed by atoms with E-state index in [4.69, 9.17) is 10.5 Å². The first-order valence-electron chi connectivity index (χ1n) is 13.9. The number of rotatable bonds is 25. The molecule has 0 spiro atoms. The molecule has 0 aliphatic rings. The summed E-state index contributed by atoms with van der Waals surface area (Å²) in [5.41, 5.74) is 6.18. The van der Waals surface area contributed by atoms with Crippen LogP contribution in [-0.4, -0.2) is 19.3 Å². The van der Waals surface area contributed by atoms with E-state index in [1.165, 1.54) is 116 Å². The van der Waals surface area contributed by atoms with E-state index < -0.39 is 0 Å². The lowest BCUT2D eigenvalue weighted by atomic mass is 10.0. The normalized spacial score (nSPS) is 13.0. The highest BCUT2D eigenvalue weighted by Crippen LogP contribution is 2.11. The molecule has 0 fully saturated rings. The average Bonchev–Trinajstić information content (AvgIpc) is 2.77. The summed E-state index contributed by atoms with van der Waals surface area (Å²) in [6.07, 6.45) is 35.5. The Balaban J connectivity index is 3.22. The van der Waals surface area contributed by atoms with Crippen LogP contribution in [0, 0.1) is 0 Å². The van der Waals surface area contributed by atoms with E-state index in [1.807, 2.05) is 0 Å². The summed E-state index contributed by atoms with van der Waals surface area (Å²) in [6, 6.07) is 0.234. The number of ether oxygens (including phenoxy) is 1. The van der Waals surface area contributed by atoms with Crippen molar-refractivity contribution in [2.75, 3.05) is 13.2 Å². The van der Waals surface area contributed by atoms with Crippen molar-refractivity contribution in [1.29, 1.82) is 0 Å². The SMILES string of the molecule is CCCCCC=CCC=CCCCCCCCCCC(N)COCCCCCCCC. The number of nitrogens with two attached hydrogens (primary N) is 1. The number of unbranched alkanes of at least 4 members (excludes halogenated alkanes) is 15. The zero-order valence-corrected chi connectivity index (χ0v) is 21.4. The summed E-state index contributed by atoms with van der Waals surface area (Å²) in [6.45, 7) is 6.17. The summed E-state index contributed by atoms with van der Waals surface area (Å²) >= 11 is 0. The maximum atomic E-state index is 6.18. The maximum Gasteiger partial charge on any atom is 0.0617 e. The standard InChI is InChI=1S/C29H57NO/c1-3-5-7-9-11-12-13-14-15-16-17-18-19-20-21-22-24-26-29(30)28-31-27-25-23-10-8-6-4-2/h11-12,14-15,29H,3-10,13,16-28,30H2,1-2H3. The van der Waals surface area contributed by atoms with Gasteiger partial charge in [-0.15, -0.1) is 0 Å². The van der Waals surface area contributed by atoms with Crippen molar-refractivity contribution in [2.24, 2.45) is 5.73 Å². The minimum Gasteiger partial charge on any atom is -0.380 e. The van der Waals surface area contributed by atoms with Gasteiger partial charge in [0.05, 0.1) is 6.61 Å². The lowest BCUT2D eigenvalue weighted by Crippen LogP contribution is -2.26. The van der Waals surface area contributed by atoms with Gasteiger partial charge in [0.15, 0.2) is 0 Å². The monoisotopic (exact) mass is 435 g/mol. The molecule has 2 nitrogen and oxygen atoms in total. The van der Waals surface area contributed by atoms with Gasteiger partial charge in [0, 0.05) is 12.6 Å². The van der Waals surface area contributed by atoms with Crippen LogP contribution in [0.3, 0.4) is 0 Å². The lowest BCUT2D eigenvalue weighted by Gasteiger charge is -2.12. The summed E-state index contributed by atoms with van der Waals surface area (Å²) in [4.78, 5) is 0. The molecule has 2 heteroatoms. The van der Waals surface area contributed by atoms with Crippen molar-refractivity contribution in [3.63, 3.8) is 0 Å². The minimum absolute atomic E-state index is 0.234. The van der Waals surface area contributed by atoms with Gasteiger partial charge >= 0.3 is 0 Å². The first-order chi connectivity index (χ1) is 15.3. The van der Waals surface area contributed by atoms with Crippen molar-refractivity contribution >= 4 is 0 Å². The molecule has 0 aliphatic carbocycles. The molecule has 0 saturated carbocycles. The van der Waals surface area contributed by atoms with Crippen LogP contribution in [0.15, 0.2) is 24.3 Å². The van der Waals surface area contributed by atoms with E-state index in [0.717, 1.165) is 26.1 Å². The van der Waals surface area contributed by atoms with Gasteiger partial charge in [-0.05, 0) is 44.9 Å². The van der Waals surface area contributed by atoms with Gasteiger partial charge in [-0.3, -0.25) is 0 Å². The molecule has 31 heavy (non-hydrogen) atoms. The van der Waals surface area contributed by atoms with Crippen LogP contribution in [0.4, 0.5) is 0 Å². The van der Waals surface area contributed by atoms with E-state index in [0.29, 0.717) is 0 Å². The predicted molar refractivity (Wildman–Crippen MR) is 141 cm³/mol. The predicted octanol–water partition coefficient (Wildman–Crippen LogP) is 9.28. The largest absolute Gasteiger partial charge is 0.380 e. The van der Waals surface area contributed by atoms with E-state index in [1.54, 1.807) is 0 Å². The molecule has 0 aromatic carbocycles. The zero-order chi connectivity index (χ0) is 22.7. The summed E-state index contributed by atoms with van der Waals surface area (Å²) in [5, 5.41) is 0. The van der Waals surface area contributed by atoms with Gasteiger partial charge < -0.3 is 10.5 Å². The molecule has 0 rings (SSSR count). The van der Waals surface area contributed by atoms with Gasteiger partial charge in [-0.25, -0.2) is 0 Å². The molecule has 0 aromatic heterocycles. The number of hydrogen-bond donors (Lipinski definition) is 1. The summed E-state index contributed by atoms with van der Waals surface area (Å²) in [5.74, 6) is 0. The van der Waals surface area contributed by atoms with Crippen LogP contribution in [0.5, 0.6) is 0 Å². The smallest absolute Gasteiger partial charge is 0.0617 e.